The number of nitrogens with zero attached hydrogens (tertiary/aromatic N) is 2. The highest BCUT2D eigenvalue weighted by atomic mass is 16.2. The molecule has 1 fully saturated rings. The molecule has 1 aliphatic carbocycles. The van der Waals surface area contributed by atoms with Crippen LogP contribution in [-0.2, 0) is 4.79 Å². The largest absolute Gasteiger partial charge is 0.342 e. The van der Waals surface area contributed by atoms with E-state index in [-0.39, 0.29) is 5.91 Å². The van der Waals surface area contributed by atoms with E-state index in [9.17, 15) is 4.79 Å². The van der Waals surface area contributed by atoms with Gasteiger partial charge in [0.25, 0.3) is 0 Å². The summed E-state index contributed by atoms with van der Waals surface area (Å²) in [5, 5.41) is 0. The third kappa shape index (κ3) is 4.46. The molecule has 0 spiro atoms. The predicted octanol–water partition coefficient (Wildman–Crippen LogP) is 1.69. The Morgan fingerprint density at radius 3 is 2.26 bits per heavy atom. The second-order valence-electron chi connectivity index (χ2n) is 5.48. The van der Waals surface area contributed by atoms with E-state index in [4.69, 9.17) is 5.73 Å². The number of amides is 1. The standard InChI is InChI=1S/C15H31N3O/c1-4-17(5-2)15(19)12-18(6-3)14-10-8-7-9-13(14)11-16/h13-14H,4-12,16H2,1-3H3. The van der Waals surface area contributed by atoms with Crippen LogP contribution in [0.15, 0.2) is 0 Å². The van der Waals surface area contributed by atoms with Crippen molar-refractivity contribution in [2.24, 2.45) is 11.7 Å². The summed E-state index contributed by atoms with van der Waals surface area (Å²) in [6, 6.07) is 0.503. The van der Waals surface area contributed by atoms with Crippen molar-refractivity contribution in [3.8, 4) is 0 Å². The minimum absolute atomic E-state index is 0.258. The van der Waals surface area contributed by atoms with Gasteiger partial charge in [-0.3, -0.25) is 9.69 Å². The normalized spacial score (nSPS) is 23.6. The zero-order valence-electron chi connectivity index (χ0n) is 12.9. The van der Waals surface area contributed by atoms with Crippen LogP contribution in [0.3, 0.4) is 0 Å². The summed E-state index contributed by atoms with van der Waals surface area (Å²) in [5.74, 6) is 0.825. The highest BCUT2D eigenvalue weighted by molar-refractivity contribution is 5.78. The highest BCUT2D eigenvalue weighted by Crippen LogP contribution is 2.27. The summed E-state index contributed by atoms with van der Waals surface area (Å²) >= 11 is 0. The number of rotatable bonds is 7. The first-order valence-electron chi connectivity index (χ1n) is 7.89. The van der Waals surface area contributed by atoms with Crippen LogP contribution in [0.4, 0.5) is 0 Å². The van der Waals surface area contributed by atoms with Gasteiger partial charge in [0.1, 0.15) is 0 Å². The van der Waals surface area contributed by atoms with Crippen LogP contribution in [-0.4, -0.2) is 54.5 Å². The van der Waals surface area contributed by atoms with E-state index >= 15 is 0 Å². The Bertz CT molecular complexity index is 266. The Morgan fingerprint density at radius 2 is 1.74 bits per heavy atom. The van der Waals surface area contributed by atoms with Crippen molar-refractivity contribution in [2.75, 3.05) is 32.7 Å². The van der Waals surface area contributed by atoms with E-state index in [0.717, 1.165) is 26.2 Å². The summed E-state index contributed by atoms with van der Waals surface area (Å²) < 4.78 is 0. The van der Waals surface area contributed by atoms with Crippen LogP contribution in [0.2, 0.25) is 0 Å². The molecule has 0 bridgehead atoms. The van der Waals surface area contributed by atoms with Crippen LogP contribution in [0.5, 0.6) is 0 Å². The molecule has 0 saturated heterocycles. The smallest absolute Gasteiger partial charge is 0.236 e. The highest BCUT2D eigenvalue weighted by Gasteiger charge is 2.30. The lowest BCUT2D eigenvalue weighted by atomic mass is 9.83. The van der Waals surface area contributed by atoms with Gasteiger partial charge in [0.2, 0.25) is 5.91 Å². The fourth-order valence-corrected chi connectivity index (χ4v) is 3.26. The molecule has 4 nitrogen and oxygen atoms in total. The molecule has 4 heteroatoms. The zero-order valence-corrected chi connectivity index (χ0v) is 12.9. The van der Waals surface area contributed by atoms with Crippen LogP contribution in [0.25, 0.3) is 0 Å². The molecule has 112 valence electrons. The lowest BCUT2D eigenvalue weighted by Gasteiger charge is -2.39. The van der Waals surface area contributed by atoms with E-state index < -0.39 is 0 Å². The van der Waals surface area contributed by atoms with Crippen molar-refractivity contribution in [3.63, 3.8) is 0 Å². The van der Waals surface area contributed by atoms with Crippen LogP contribution in [0.1, 0.15) is 46.5 Å². The Morgan fingerprint density at radius 1 is 1.11 bits per heavy atom. The number of nitrogens with two attached hydrogens (primary N) is 1. The van der Waals surface area contributed by atoms with Gasteiger partial charge in [-0.15, -0.1) is 0 Å². The fraction of sp³-hybridized carbons (Fsp3) is 0.933. The van der Waals surface area contributed by atoms with Gasteiger partial charge in [0.05, 0.1) is 6.54 Å². The first-order chi connectivity index (χ1) is 9.17. The Balaban J connectivity index is 2.63. The predicted molar refractivity (Wildman–Crippen MR) is 80.0 cm³/mol. The van der Waals surface area contributed by atoms with Crippen molar-refractivity contribution in [1.29, 1.82) is 0 Å². The third-order valence-corrected chi connectivity index (χ3v) is 4.50. The average Bonchev–Trinajstić information content (AvgIpc) is 2.46. The van der Waals surface area contributed by atoms with Crippen LogP contribution >= 0.6 is 0 Å². The molecule has 0 heterocycles. The summed E-state index contributed by atoms with van der Waals surface area (Å²) in [6.45, 7) is 10.1. The van der Waals surface area contributed by atoms with E-state index in [1.807, 2.05) is 18.7 Å². The molecular weight excluding hydrogens is 238 g/mol. The van der Waals surface area contributed by atoms with Crippen molar-refractivity contribution in [2.45, 2.75) is 52.5 Å². The van der Waals surface area contributed by atoms with Gasteiger partial charge in [0, 0.05) is 19.1 Å². The van der Waals surface area contributed by atoms with Crippen LogP contribution < -0.4 is 5.73 Å². The number of hydrogen-bond acceptors (Lipinski definition) is 3. The molecule has 0 aromatic heterocycles. The third-order valence-electron chi connectivity index (χ3n) is 4.50. The number of hydrogen-bond donors (Lipinski definition) is 1. The van der Waals surface area contributed by atoms with Gasteiger partial charge in [-0.25, -0.2) is 0 Å². The lowest BCUT2D eigenvalue weighted by Crippen LogP contribution is -2.49. The molecule has 2 N–H and O–H groups in total. The first-order valence-corrected chi connectivity index (χ1v) is 7.89. The molecule has 1 saturated carbocycles. The molecule has 2 atom stereocenters. The summed E-state index contributed by atoms with van der Waals surface area (Å²) in [6.07, 6.45) is 4.98. The maximum atomic E-state index is 12.3. The topological polar surface area (TPSA) is 49.6 Å². The molecule has 1 rings (SSSR count). The molecular formula is C15H31N3O. The van der Waals surface area contributed by atoms with Gasteiger partial charge in [0.15, 0.2) is 0 Å². The maximum Gasteiger partial charge on any atom is 0.236 e. The van der Waals surface area contributed by atoms with Gasteiger partial charge >= 0.3 is 0 Å². The van der Waals surface area contributed by atoms with Crippen LogP contribution in [0, 0.1) is 5.92 Å². The number of carbonyl (C=O) groups excluding carboxylic acids is 1. The molecule has 1 amide bonds. The van der Waals surface area contributed by atoms with Crippen molar-refractivity contribution < 1.29 is 4.79 Å². The Hall–Kier alpha value is -0.610. The molecule has 0 aliphatic heterocycles. The molecule has 0 radical (unpaired) electrons. The van der Waals surface area contributed by atoms with E-state index in [1.165, 1.54) is 25.7 Å². The average molecular weight is 269 g/mol. The minimum Gasteiger partial charge on any atom is -0.342 e. The van der Waals surface area contributed by atoms with Crippen molar-refractivity contribution in [1.82, 2.24) is 9.80 Å². The van der Waals surface area contributed by atoms with Gasteiger partial charge in [-0.2, -0.15) is 0 Å². The minimum atomic E-state index is 0.258. The number of carbonyl (C=O) groups is 1. The van der Waals surface area contributed by atoms with E-state index in [1.54, 1.807) is 0 Å². The maximum absolute atomic E-state index is 12.3. The van der Waals surface area contributed by atoms with Gasteiger partial charge in [-0.1, -0.05) is 19.8 Å². The zero-order chi connectivity index (χ0) is 14.3. The lowest BCUT2D eigenvalue weighted by molar-refractivity contribution is -0.133. The second-order valence-corrected chi connectivity index (χ2v) is 5.48. The fourth-order valence-electron chi connectivity index (χ4n) is 3.26. The quantitative estimate of drug-likeness (QED) is 0.765. The molecule has 2 unspecified atom stereocenters. The van der Waals surface area contributed by atoms with Gasteiger partial charge in [-0.05, 0) is 45.7 Å². The Kier molecular flexibility index (Phi) is 7.39. The van der Waals surface area contributed by atoms with Crippen molar-refractivity contribution in [3.05, 3.63) is 0 Å². The summed E-state index contributed by atoms with van der Waals surface area (Å²) in [7, 11) is 0. The monoisotopic (exact) mass is 269 g/mol. The SMILES string of the molecule is CCN(CC)C(=O)CN(CC)C1CCCCC1CN. The summed E-state index contributed by atoms with van der Waals surface area (Å²) in [5.41, 5.74) is 5.91. The molecule has 19 heavy (non-hydrogen) atoms. The molecule has 0 aromatic rings. The van der Waals surface area contributed by atoms with E-state index in [2.05, 4.69) is 11.8 Å². The van der Waals surface area contributed by atoms with Gasteiger partial charge < -0.3 is 10.6 Å². The van der Waals surface area contributed by atoms with Crippen molar-refractivity contribution >= 4 is 5.91 Å². The van der Waals surface area contributed by atoms with E-state index in [0.29, 0.717) is 18.5 Å². The number of likely N-dealkylation sites (N-methyl/N-ethyl adjacent to an activating group) is 2. The second kappa shape index (κ2) is 8.54. The Labute approximate surface area is 118 Å². The first kappa shape index (κ1) is 16.4. The molecule has 1 aliphatic rings. The summed E-state index contributed by atoms with van der Waals surface area (Å²) in [4.78, 5) is 16.5. The molecule has 0 aromatic carbocycles.